The second-order valence-corrected chi connectivity index (χ2v) is 6.58. The van der Waals surface area contributed by atoms with Crippen molar-refractivity contribution >= 4 is 17.7 Å². The molecular formula is C17H21FN6O2S. The van der Waals surface area contributed by atoms with Gasteiger partial charge in [0.2, 0.25) is 0 Å². The van der Waals surface area contributed by atoms with Gasteiger partial charge in [0, 0.05) is 37.2 Å². The third-order valence-corrected chi connectivity index (χ3v) is 4.42. The molecule has 2 aromatic heterocycles. The molecule has 1 aromatic carbocycles. The van der Waals surface area contributed by atoms with E-state index in [4.69, 9.17) is 15.6 Å². The third-order valence-electron chi connectivity index (χ3n) is 3.44. The topological polar surface area (TPSA) is 112 Å². The first-order valence-electron chi connectivity index (χ1n) is 8.03. The van der Waals surface area contributed by atoms with E-state index in [1.54, 1.807) is 28.6 Å². The van der Waals surface area contributed by atoms with E-state index in [1.807, 2.05) is 24.7 Å². The number of thioether (sulfide) groups is 1. The van der Waals surface area contributed by atoms with Crippen molar-refractivity contribution in [3.63, 3.8) is 0 Å². The zero-order valence-electron chi connectivity index (χ0n) is 15.3. The van der Waals surface area contributed by atoms with Gasteiger partial charge in [-0.1, -0.05) is 11.8 Å². The fourth-order valence-electron chi connectivity index (χ4n) is 2.31. The molecule has 0 saturated heterocycles. The highest BCUT2D eigenvalue weighted by atomic mass is 32.2. The maximum absolute atomic E-state index is 13.1. The van der Waals surface area contributed by atoms with Crippen LogP contribution in [0.15, 0.2) is 35.6 Å². The van der Waals surface area contributed by atoms with E-state index in [-0.39, 0.29) is 12.4 Å². The highest BCUT2D eigenvalue weighted by molar-refractivity contribution is 7.98. The molecule has 0 aliphatic rings. The summed E-state index contributed by atoms with van der Waals surface area (Å²) in [6.45, 7) is 3.32. The van der Waals surface area contributed by atoms with E-state index in [2.05, 4.69) is 15.3 Å². The minimum absolute atomic E-state index is 0.261. The second kappa shape index (κ2) is 9.28. The van der Waals surface area contributed by atoms with Crippen molar-refractivity contribution in [2.24, 2.45) is 12.8 Å². The number of hydrogen-bond acceptors (Lipinski definition) is 6. The number of nitrogens with zero attached hydrogens (tertiary/aromatic N) is 5. The lowest BCUT2D eigenvalue weighted by Gasteiger charge is -2.09. The molecule has 3 N–H and O–H groups in total. The summed E-state index contributed by atoms with van der Waals surface area (Å²) in [7, 11) is 1.90. The highest BCUT2D eigenvalue weighted by Gasteiger charge is 2.14. The van der Waals surface area contributed by atoms with Gasteiger partial charge in [-0.3, -0.25) is 14.0 Å². The first kappa shape index (κ1) is 20.6. The van der Waals surface area contributed by atoms with Crippen LogP contribution >= 0.6 is 11.8 Å². The molecule has 144 valence electrons. The molecule has 8 nitrogen and oxygen atoms in total. The van der Waals surface area contributed by atoms with E-state index >= 15 is 0 Å². The van der Waals surface area contributed by atoms with Gasteiger partial charge in [-0.2, -0.15) is 5.10 Å². The Bertz CT molecular complexity index is 903. The quantitative estimate of drug-likeness (QED) is 0.641. The average Bonchev–Trinajstić information content (AvgIpc) is 3.15. The largest absolute Gasteiger partial charge is 0.481 e. The van der Waals surface area contributed by atoms with Crippen LogP contribution in [-0.4, -0.2) is 35.6 Å². The first-order valence-corrected chi connectivity index (χ1v) is 9.02. The highest BCUT2D eigenvalue weighted by Crippen LogP contribution is 2.26. The van der Waals surface area contributed by atoms with Crippen LogP contribution in [0.1, 0.15) is 24.0 Å². The zero-order valence-corrected chi connectivity index (χ0v) is 16.1. The number of carboxylic acid groups (broad SMARTS) is 1. The molecular weight excluding hydrogens is 371 g/mol. The van der Waals surface area contributed by atoms with E-state index in [1.165, 1.54) is 12.1 Å². The molecule has 0 atom stereocenters. The molecule has 0 aliphatic heterocycles. The average molecular weight is 392 g/mol. The van der Waals surface area contributed by atoms with Gasteiger partial charge in [0.05, 0.1) is 12.2 Å². The maximum atomic E-state index is 13.1. The number of carboxylic acids is 1. The molecule has 27 heavy (non-hydrogen) atoms. The van der Waals surface area contributed by atoms with Crippen molar-refractivity contribution in [2.75, 3.05) is 0 Å². The van der Waals surface area contributed by atoms with Gasteiger partial charge in [-0.15, -0.1) is 10.2 Å². The number of rotatable bonds is 5. The maximum Gasteiger partial charge on any atom is 0.300 e. The molecule has 0 unspecified atom stereocenters. The molecule has 0 bridgehead atoms. The van der Waals surface area contributed by atoms with Crippen LogP contribution in [-0.2, 0) is 24.1 Å². The normalized spacial score (nSPS) is 10.4. The number of benzene rings is 1. The molecule has 0 amide bonds. The minimum atomic E-state index is -0.833. The Kier molecular flexibility index (Phi) is 7.08. The van der Waals surface area contributed by atoms with Crippen molar-refractivity contribution in [3.05, 3.63) is 53.4 Å². The smallest absolute Gasteiger partial charge is 0.300 e. The molecule has 0 spiro atoms. The van der Waals surface area contributed by atoms with Crippen molar-refractivity contribution in [2.45, 2.75) is 31.3 Å². The van der Waals surface area contributed by atoms with Crippen LogP contribution < -0.4 is 5.73 Å². The summed E-state index contributed by atoms with van der Waals surface area (Å²) in [5.74, 6) is 0.252. The second-order valence-electron chi connectivity index (χ2n) is 5.64. The summed E-state index contributed by atoms with van der Waals surface area (Å²) in [5.41, 5.74) is 8.67. The summed E-state index contributed by atoms with van der Waals surface area (Å²) in [4.78, 5) is 9.00. The SMILES string of the molecule is CC(=O)O.Cc1nn(C)cc1CSc1nnc(CN)n1-c1ccc(F)cc1. The van der Waals surface area contributed by atoms with E-state index < -0.39 is 5.97 Å². The number of aromatic nitrogens is 5. The van der Waals surface area contributed by atoms with Gasteiger partial charge >= 0.3 is 0 Å². The van der Waals surface area contributed by atoms with Crippen molar-refractivity contribution in [1.82, 2.24) is 24.5 Å². The molecule has 3 rings (SSSR count). The summed E-state index contributed by atoms with van der Waals surface area (Å²) >= 11 is 1.55. The van der Waals surface area contributed by atoms with Gasteiger partial charge in [0.25, 0.3) is 5.97 Å². The number of halogens is 1. The molecule has 0 radical (unpaired) electrons. The number of nitrogens with two attached hydrogens (primary N) is 1. The fourth-order valence-corrected chi connectivity index (χ4v) is 3.31. The van der Waals surface area contributed by atoms with Gasteiger partial charge < -0.3 is 10.8 Å². The summed E-state index contributed by atoms with van der Waals surface area (Å²) in [5, 5.41) is 20.8. The Balaban J connectivity index is 0.000000596. The molecule has 0 aliphatic carbocycles. The number of aryl methyl sites for hydroxylation is 2. The fraction of sp³-hybridized carbons (Fsp3) is 0.294. The van der Waals surface area contributed by atoms with E-state index in [0.717, 1.165) is 34.8 Å². The molecule has 2 heterocycles. The standard InChI is InChI=1S/C15H17FN6S.C2H4O2/c1-10-11(8-21(2)20-10)9-23-15-19-18-14(7-17)22(15)13-5-3-12(16)4-6-13;1-2(3)4/h3-6,8H,7,9,17H2,1-2H3;1H3,(H,3,4). The number of carbonyl (C=O) groups is 1. The van der Waals surface area contributed by atoms with Crippen LogP contribution in [0.2, 0.25) is 0 Å². The van der Waals surface area contributed by atoms with Gasteiger partial charge in [0.15, 0.2) is 11.0 Å². The van der Waals surface area contributed by atoms with Gasteiger partial charge in [0.1, 0.15) is 5.82 Å². The van der Waals surface area contributed by atoms with Crippen LogP contribution in [0.25, 0.3) is 5.69 Å². The van der Waals surface area contributed by atoms with Gasteiger partial charge in [-0.05, 0) is 31.2 Å². The Morgan fingerprint density at radius 2 is 1.93 bits per heavy atom. The summed E-state index contributed by atoms with van der Waals surface area (Å²) < 4.78 is 16.8. The predicted octanol–water partition coefficient (Wildman–Crippen LogP) is 2.29. The Morgan fingerprint density at radius 3 is 2.44 bits per heavy atom. The summed E-state index contributed by atoms with van der Waals surface area (Å²) in [6.07, 6.45) is 1.99. The lowest BCUT2D eigenvalue weighted by Crippen LogP contribution is -2.07. The monoisotopic (exact) mass is 392 g/mol. The number of aliphatic carboxylic acids is 1. The molecule has 0 saturated carbocycles. The third kappa shape index (κ3) is 5.63. The van der Waals surface area contributed by atoms with Crippen molar-refractivity contribution in [1.29, 1.82) is 0 Å². The Morgan fingerprint density at radius 1 is 1.30 bits per heavy atom. The van der Waals surface area contributed by atoms with Crippen molar-refractivity contribution < 1.29 is 14.3 Å². The molecule has 3 aromatic rings. The summed E-state index contributed by atoms with van der Waals surface area (Å²) in [6, 6.07) is 6.21. The lowest BCUT2D eigenvalue weighted by atomic mass is 10.3. The van der Waals surface area contributed by atoms with Crippen LogP contribution in [0.3, 0.4) is 0 Å². The Labute approximate surface area is 160 Å². The van der Waals surface area contributed by atoms with Gasteiger partial charge in [-0.25, -0.2) is 4.39 Å². The first-order chi connectivity index (χ1) is 12.8. The minimum Gasteiger partial charge on any atom is -0.481 e. The van der Waals surface area contributed by atoms with E-state index in [0.29, 0.717) is 5.82 Å². The van der Waals surface area contributed by atoms with Crippen LogP contribution in [0.4, 0.5) is 4.39 Å². The van der Waals surface area contributed by atoms with Crippen molar-refractivity contribution in [3.8, 4) is 5.69 Å². The molecule has 10 heteroatoms. The zero-order chi connectivity index (χ0) is 20.0. The number of hydrogen-bond donors (Lipinski definition) is 2. The molecule has 0 fully saturated rings. The Hall–Kier alpha value is -2.72. The van der Waals surface area contributed by atoms with E-state index in [9.17, 15) is 4.39 Å². The predicted molar refractivity (Wildman–Crippen MR) is 100 cm³/mol. The van der Waals surface area contributed by atoms with Crippen LogP contribution in [0.5, 0.6) is 0 Å². The van der Waals surface area contributed by atoms with Crippen LogP contribution in [0, 0.1) is 12.7 Å². The lowest BCUT2D eigenvalue weighted by molar-refractivity contribution is -0.134.